The second-order valence-electron chi connectivity index (χ2n) is 4.62. The normalized spacial score (nSPS) is 10.8. The molecule has 0 unspecified atom stereocenters. The number of hydrogen-bond acceptors (Lipinski definition) is 3. The topological polar surface area (TPSA) is 79.4 Å². The molecular formula is C15H16FNO4. The number of benzene rings is 1. The molecule has 2 aromatic rings. The first-order valence-electron chi connectivity index (χ1n) is 6.68. The van der Waals surface area contributed by atoms with Crippen LogP contribution in [0.15, 0.2) is 18.2 Å². The van der Waals surface area contributed by atoms with Crippen LogP contribution in [-0.2, 0) is 27.2 Å². The maximum atomic E-state index is 13.8. The van der Waals surface area contributed by atoms with Crippen LogP contribution >= 0.6 is 0 Å². The number of carbonyl (C=O) groups excluding carboxylic acids is 1. The van der Waals surface area contributed by atoms with Crippen molar-refractivity contribution in [2.24, 2.45) is 0 Å². The number of fused-ring (bicyclic) bond motifs is 1. The molecule has 5 nitrogen and oxygen atoms in total. The minimum atomic E-state index is -0.948. The van der Waals surface area contributed by atoms with Crippen molar-refractivity contribution in [1.82, 2.24) is 4.98 Å². The van der Waals surface area contributed by atoms with Gasteiger partial charge in [0.1, 0.15) is 5.82 Å². The summed E-state index contributed by atoms with van der Waals surface area (Å²) in [5, 5.41) is 9.37. The van der Waals surface area contributed by atoms with E-state index in [1.807, 2.05) is 0 Å². The molecule has 21 heavy (non-hydrogen) atoms. The molecule has 0 fully saturated rings. The van der Waals surface area contributed by atoms with E-state index in [0.717, 1.165) is 0 Å². The quantitative estimate of drug-likeness (QED) is 0.802. The van der Waals surface area contributed by atoms with E-state index in [-0.39, 0.29) is 31.4 Å². The molecule has 2 N–H and O–H groups in total. The zero-order chi connectivity index (χ0) is 15.4. The summed E-state index contributed by atoms with van der Waals surface area (Å²) in [6.45, 7) is 1.97. The van der Waals surface area contributed by atoms with Crippen molar-refractivity contribution >= 4 is 22.8 Å². The summed E-state index contributed by atoms with van der Waals surface area (Å²) < 4.78 is 18.7. The van der Waals surface area contributed by atoms with Crippen LogP contribution < -0.4 is 0 Å². The molecule has 0 aliphatic heterocycles. The molecule has 0 saturated carbocycles. The highest BCUT2D eigenvalue weighted by Gasteiger charge is 2.17. The third-order valence-electron chi connectivity index (χ3n) is 3.19. The summed E-state index contributed by atoms with van der Waals surface area (Å²) in [7, 11) is 0. The fourth-order valence-corrected chi connectivity index (χ4v) is 2.30. The van der Waals surface area contributed by atoms with Crippen LogP contribution in [-0.4, -0.2) is 28.6 Å². The van der Waals surface area contributed by atoms with Gasteiger partial charge in [0, 0.05) is 11.1 Å². The molecule has 1 aromatic carbocycles. The zero-order valence-corrected chi connectivity index (χ0v) is 11.6. The van der Waals surface area contributed by atoms with Gasteiger partial charge in [-0.25, -0.2) is 4.39 Å². The SMILES string of the molecule is CCOC(=O)Cc1c(CCC(=O)O)[nH]c2c(F)cccc12. The van der Waals surface area contributed by atoms with Crippen LogP contribution in [0.3, 0.4) is 0 Å². The van der Waals surface area contributed by atoms with E-state index in [2.05, 4.69) is 4.98 Å². The number of aliphatic carboxylic acids is 1. The molecule has 0 radical (unpaired) electrons. The molecule has 0 atom stereocenters. The number of aryl methyl sites for hydroxylation is 1. The van der Waals surface area contributed by atoms with E-state index in [4.69, 9.17) is 9.84 Å². The maximum Gasteiger partial charge on any atom is 0.310 e. The lowest BCUT2D eigenvalue weighted by molar-refractivity contribution is -0.142. The Morgan fingerprint density at radius 3 is 2.81 bits per heavy atom. The average molecular weight is 293 g/mol. The summed E-state index contributed by atoms with van der Waals surface area (Å²) in [6, 6.07) is 4.57. The molecule has 0 saturated heterocycles. The van der Waals surface area contributed by atoms with E-state index in [9.17, 15) is 14.0 Å². The molecule has 1 aromatic heterocycles. The average Bonchev–Trinajstić information content (AvgIpc) is 2.76. The molecule has 6 heteroatoms. The number of carbonyl (C=O) groups is 2. The minimum absolute atomic E-state index is 0.00769. The monoisotopic (exact) mass is 293 g/mol. The fourth-order valence-electron chi connectivity index (χ4n) is 2.30. The molecule has 0 amide bonds. The summed E-state index contributed by atoms with van der Waals surface area (Å²) in [5.41, 5.74) is 1.45. The summed E-state index contributed by atoms with van der Waals surface area (Å²) >= 11 is 0. The summed E-state index contributed by atoms with van der Waals surface area (Å²) in [5.74, 6) is -1.80. The third-order valence-corrected chi connectivity index (χ3v) is 3.19. The van der Waals surface area contributed by atoms with E-state index in [1.165, 1.54) is 6.07 Å². The third kappa shape index (κ3) is 3.39. The highest BCUT2D eigenvalue weighted by molar-refractivity contribution is 5.89. The first-order chi connectivity index (χ1) is 10.0. The van der Waals surface area contributed by atoms with Gasteiger partial charge in [-0.1, -0.05) is 12.1 Å². The summed E-state index contributed by atoms with van der Waals surface area (Å²) in [6.07, 6.45) is 0.106. The number of nitrogens with one attached hydrogen (secondary N) is 1. The van der Waals surface area contributed by atoms with Crippen molar-refractivity contribution in [3.8, 4) is 0 Å². The number of ether oxygens (including phenoxy) is 1. The highest BCUT2D eigenvalue weighted by atomic mass is 19.1. The number of H-pyrrole nitrogens is 1. The van der Waals surface area contributed by atoms with Crippen molar-refractivity contribution in [2.75, 3.05) is 6.61 Å². The van der Waals surface area contributed by atoms with Gasteiger partial charge in [-0.05, 0) is 25.0 Å². The zero-order valence-electron chi connectivity index (χ0n) is 11.6. The van der Waals surface area contributed by atoms with Gasteiger partial charge in [0.2, 0.25) is 0 Å². The molecule has 0 spiro atoms. The maximum absolute atomic E-state index is 13.8. The second-order valence-corrected chi connectivity index (χ2v) is 4.62. The number of aromatic amines is 1. The van der Waals surface area contributed by atoms with Crippen molar-refractivity contribution in [3.63, 3.8) is 0 Å². The number of halogens is 1. The van der Waals surface area contributed by atoms with Gasteiger partial charge in [0.15, 0.2) is 0 Å². The number of carboxylic acid groups (broad SMARTS) is 1. The van der Waals surface area contributed by atoms with E-state index in [0.29, 0.717) is 16.6 Å². The van der Waals surface area contributed by atoms with E-state index >= 15 is 0 Å². The van der Waals surface area contributed by atoms with Gasteiger partial charge in [-0.15, -0.1) is 0 Å². The summed E-state index contributed by atoms with van der Waals surface area (Å²) in [4.78, 5) is 25.3. The van der Waals surface area contributed by atoms with Gasteiger partial charge < -0.3 is 14.8 Å². The van der Waals surface area contributed by atoms with Crippen molar-refractivity contribution in [2.45, 2.75) is 26.2 Å². The van der Waals surface area contributed by atoms with Gasteiger partial charge in [-0.2, -0.15) is 0 Å². The lowest BCUT2D eigenvalue weighted by Crippen LogP contribution is -2.09. The van der Waals surface area contributed by atoms with Crippen LogP contribution in [0.5, 0.6) is 0 Å². The fraction of sp³-hybridized carbons (Fsp3) is 0.333. The van der Waals surface area contributed by atoms with Crippen LogP contribution in [0.4, 0.5) is 4.39 Å². The van der Waals surface area contributed by atoms with Crippen LogP contribution in [0.1, 0.15) is 24.6 Å². The Hall–Kier alpha value is -2.37. The number of para-hydroxylation sites is 1. The minimum Gasteiger partial charge on any atom is -0.481 e. The van der Waals surface area contributed by atoms with E-state index in [1.54, 1.807) is 19.1 Å². The van der Waals surface area contributed by atoms with Gasteiger partial charge in [-0.3, -0.25) is 9.59 Å². The first kappa shape index (κ1) is 15.0. The Labute approximate surface area is 120 Å². The molecule has 0 aliphatic rings. The Morgan fingerprint density at radius 2 is 2.14 bits per heavy atom. The van der Waals surface area contributed by atoms with Gasteiger partial charge in [0.05, 0.1) is 25.0 Å². The van der Waals surface area contributed by atoms with Gasteiger partial charge in [0.25, 0.3) is 0 Å². The van der Waals surface area contributed by atoms with Crippen LogP contribution in [0, 0.1) is 5.82 Å². The number of rotatable bonds is 6. The number of carboxylic acids is 1. The van der Waals surface area contributed by atoms with Crippen molar-refractivity contribution < 1.29 is 23.8 Å². The number of hydrogen-bond donors (Lipinski definition) is 2. The van der Waals surface area contributed by atoms with E-state index < -0.39 is 17.8 Å². The number of esters is 1. The second kappa shape index (κ2) is 6.39. The van der Waals surface area contributed by atoms with Gasteiger partial charge >= 0.3 is 11.9 Å². The Balaban J connectivity index is 2.42. The molecule has 1 heterocycles. The standard InChI is InChI=1S/C15H16FNO4/c1-2-21-14(20)8-10-9-4-3-5-11(16)15(9)17-12(10)6-7-13(18)19/h3-5,17H,2,6-8H2,1H3,(H,18,19). The molecule has 2 rings (SSSR count). The predicted molar refractivity (Wildman–Crippen MR) is 74.6 cm³/mol. The highest BCUT2D eigenvalue weighted by Crippen LogP contribution is 2.26. The molecule has 112 valence electrons. The largest absolute Gasteiger partial charge is 0.481 e. The first-order valence-corrected chi connectivity index (χ1v) is 6.68. The lowest BCUT2D eigenvalue weighted by atomic mass is 10.0. The molecule has 0 aliphatic carbocycles. The van der Waals surface area contributed by atoms with Crippen molar-refractivity contribution in [3.05, 3.63) is 35.3 Å². The molecular weight excluding hydrogens is 277 g/mol. The Morgan fingerprint density at radius 1 is 1.38 bits per heavy atom. The lowest BCUT2D eigenvalue weighted by Gasteiger charge is -2.04. The number of aromatic nitrogens is 1. The van der Waals surface area contributed by atoms with Crippen LogP contribution in [0.2, 0.25) is 0 Å². The Bertz CT molecular complexity index is 678. The Kier molecular flexibility index (Phi) is 4.57. The molecule has 0 bridgehead atoms. The smallest absolute Gasteiger partial charge is 0.310 e. The van der Waals surface area contributed by atoms with Crippen LogP contribution in [0.25, 0.3) is 10.9 Å². The predicted octanol–water partition coefficient (Wildman–Crippen LogP) is 2.43. The van der Waals surface area contributed by atoms with Crippen molar-refractivity contribution in [1.29, 1.82) is 0 Å².